The molecule has 3 nitrogen and oxygen atoms in total. The molecule has 1 amide bonds. The first-order chi connectivity index (χ1) is 9.08. The van der Waals surface area contributed by atoms with Gasteiger partial charge in [0.1, 0.15) is 0 Å². The molecule has 1 N–H and O–H groups in total. The van der Waals surface area contributed by atoms with E-state index in [4.69, 9.17) is 23.2 Å². The van der Waals surface area contributed by atoms with E-state index >= 15 is 0 Å². The number of carbonyl (C=O) groups excluding carboxylic acids is 1. The Labute approximate surface area is 123 Å². The molecule has 1 aliphatic rings. The summed E-state index contributed by atoms with van der Waals surface area (Å²) in [6.07, 6.45) is 3.59. The fourth-order valence-corrected chi connectivity index (χ4v) is 2.76. The summed E-state index contributed by atoms with van der Waals surface area (Å²) in [5.74, 6) is -0.0221. The van der Waals surface area contributed by atoms with Crippen LogP contribution in [0.4, 0.5) is 5.69 Å². The maximum Gasteiger partial charge on any atom is 0.241 e. The summed E-state index contributed by atoms with van der Waals surface area (Å²) in [4.78, 5) is 14.4. The van der Waals surface area contributed by atoms with E-state index in [1.54, 1.807) is 18.2 Å². The summed E-state index contributed by atoms with van der Waals surface area (Å²) in [5.41, 5.74) is 0.611. The lowest BCUT2D eigenvalue weighted by Crippen LogP contribution is -2.44. The summed E-state index contributed by atoms with van der Waals surface area (Å²) in [5, 5.41) is 3.89. The van der Waals surface area contributed by atoms with Crippen molar-refractivity contribution in [3.63, 3.8) is 0 Å². The van der Waals surface area contributed by atoms with Crippen LogP contribution in [-0.2, 0) is 4.79 Å². The van der Waals surface area contributed by atoms with E-state index in [9.17, 15) is 4.79 Å². The number of halogens is 2. The minimum Gasteiger partial charge on any atom is -0.323 e. The average molecular weight is 301 g/mol. The predicted molar refractivity (Wildman–Crippen MR) is 80.0 cm³/mol. The molecule has 1 heterocycles. The zero-order valence-electron chi connectivity index (χ0n) is 11.0. The summed E-state index contributed by atoms with van der Waals surface area (Å²) < 4.78 is 0. The summed E-state index contributed by atoms with van der Waals surface area (Å²) in [6, 6.07) is 4.94. The molecule has 0 aliphatic carbocycles. The molecular weight excluding hydrogens is 283 g/mol. The zero-order valence-corrected chi connectivity index (χ0v) is 12.5. The summed E-state index contributed by atoms with van der Waals surface area (Å²) in [6.45, 7) is 3.91. The highest BCUT2D eigenvalue weighted by Crippen LogP contribution is 2.25. The first kappa shape index (κ1) is 14.6. The predicted octanol–water partition coefficient (Wildman–Crippen LogP) is 3.81. The Morgan fingerprint density at radius 1 is 1.26 bits per heavy atom. The van der Waals surface area contributed by atoms with Crippen LogP contribution in [-0.4, -0.2) is 29.9 Å². The third kappa shape index (κ3) is 3.85. The molecule has 1 aliphatic heterocycles. The standard InChI is InChI=1S/C14H18Cl2N2O/c1-10(18-7-3-2-4-8-18)14(19)17-13-6-5-11(15)9-12(13)16/h5-6,9-10H,2-4,7-8H2,1H3,(H,17,19)/t10-/m1/s1. The average Bonchev–Trinajstić information content (AvgIpc) is 2.42. The number of piperidine rings is 1. The molecular formula is C14H18Cl2N2O. The van der Waals surface area contributed by atoms with Crippen LogP contribution in [0, 0.1) is 0 Å². The third-order valence-electron chi connectivity index (χ3n) is 3.51. The SMILES string of the molecule is C[C@H](C(=O)Nc1ccc(Cl)cc1Cl)N1CCCCC1. The lowest BCUT2D eigenvalue weighted by molar-refractivity contribution is -0.121. The number of amides is 1. The number of rotatable bonds is 3. The highest BCUT2D eigenvalue weighted by Gasteiger charge is 2.23. The van der Waals surface area contributed by atoms with Crippen LogP contribution in [0.25, 0.3) is 0 Å². The number of carbonyl (C=O) groups is 1. The molecule has 1 aromatic carbocycles. The van der Waals surface area contributed by atoms with Gasteiger partial charge in [-0.25, -0.2) is 0 Å². The van der Waals surface area contributed by atoms with Crippen molar-refractivity contribution in [3.8, 4) is 0 Å². The van der Waals surface area contributed by atoms with E-state index in [-0.39, 0.29) is 11.9 Å². The molecule has 19 heavy (non-hydrogen) atoms. The van der Waals surface area contributed by atoms with Gasteiger partial charge in [-0.3, -0.25) is 9.69 Å². The third-order valence-corrected chi connectivity index (χ3v) is 4.05. The molecule has 1 atom stereocenters. The maximum absolute atomic E-state index is 12.2. The Morgan fingerprint density at radius 2 is 1.95 bits per heavy atom. The summed E-state index contributed by atoms with van der Waals surface area (Å²) >= 11 is 11.9. The van der Waals surface area contributed by atoms with Crippen molar-refractivity contribution in [2.45, 2.75) is 32.2 Å². The monoisotopic (exact) mass is 300 g/mol. The molecule has 0 radical (unpaired) electrons. The lowest BCUT2D eigenvalue weighted by Gasteiger charge is -2.31. The van der Waals surface area contributed by atoms with E-state index in [0.29, 0.717) is 15.7 Å². The molecule has 1 aromatic rings. The quantitative estimate of drug-likeness (QED) is 0.921. The summed E-state index contributed by atoms with van der Waals surface area (Å²) in [7, 11) is 0. The Balaban J connectivity index is 1.99. The number of nitrogens with zero attached hydrogens (tertiary/aromatic N) is 1. The van der Waals surface area contributed by atoms with Crippen molar-refractivity contribution in [2.75, 3.05) is 18.4 Å². The Bertz CT molecular complexity index is 459. The second-order valence-electron chi connectivity index (χ2n) is 4.89. The smallest absolute Gasteiger partial charge is 0.241 e. The van der Waals surface area contributed by atoms with Gasteiger partial charge in [0.2, 0.25) is 5.91 Å². The molecule has 0 aromatic heterocycles. The van der Waals surface area contributed by atoms with Crippen LogP contribution < -0.4 is 5.32 Å². The number of anilines is 1. The molecule has 2 rings (SSSR count). The van der Waals surface area contributed by atoms with Crippen LogP contribution in [0.2, 0.25) is 10.0 Å². The number of hydrogen-bond acceptors (Lipinski definition) is 2. The van der Waals surface area contributed by atoms with Gasteiger partial charge < -0.3 is 5.32 Å². The van der Waals surface area contributed by atoms with Gasteiger partial charge in [-0.05, 0) is 51.1 Å². The largest absolute Gasteiger partial charge is 0.323 e. The van der Waals surface area contributed by atoms with E-state index < -0.39 is 0 Å². The molecule has 1 fully saturated rings. The second-order valence-corrected chi connectivity index (χ2v) is 5.73. The first-order valence-corrected chi connectivity index (χ1v) is 7.33. The minimum atomic E-state index is -0.132. The van der Waals surface area contributed by atoms with Gasteiger partial charge in [-0.1, -0.05) is 29.6 Å². The minimum absolute atomic E-state index is 0.0221. The number of benzene rings is 1. The Hall–Kier alpha value is -0.770. The fourth-order valence-electron chi connectivity index (χ4n) is 2.30. The van der Waals surface area contributed by atoms with Gasteiger partial charge in [-0.2, -0.15) is 0 Å². The highest BCUT2D eigenvalue weighted by molar-refractivity contribution is 6.36. The van der Waals surface area contributed by atoms with Crippen molar-refractivity contribution >= 4 is 34.8 Å². The van der Waals surface area contributed by atoms with Gasteiger partial charge >= 0.3 is 0 Å². The second kappa shape index (κ2) is 6.60. The number of likely N-dealkylation sites (tertiary alicyclic amines) is 1. The van der Waals surface area contributed by atoms with Crippen LogP contribution in [0.1, 0.15) is 26.2 Å². The van der Waals surface area contributed by atoms with Gasteiger partial charge in [0.25, 0.3) is 0 Å². The molecule has 0 unspecified atom stereocenters. The van der Waals surface area contributed by atoms with Crippen molar-refractivity contribution in [1.82, 2.24) is 4.90 Å². The molecule has 0 saturated carbocycles. The van der Waals surface area contributed by atoms with Crippen molar-refractivity contribution in [1.29, 1.82) is 0 Å². The van der Waals surface area contributed by atoms with Crippen molar-refractivity contribution < 1.29 is 4.79 Å². The van der Waals surface area contributed by atoms with Gasteiger partial charge in [0, 0.05) is 5.02 Å². The highest BCUT2D eigenvalue weighted by atomic mass is 35.5. The maximum atomic E-state index is 12.2. The Morgan fingerprint density at radius 3 is 2.58 bits per heavy atom. The molecule has 104 valence electrons. The first-order valence-electron chi connectivity index (χ1n) is 6.58. The van der Waals surface area contributed by atoms with E-state index in [2.05, 4.69) is 10.2 Å². The van der Waals surface area contributed by atoms with E-state index in [0.717, 1.165) is 13.1 Å². The van der Waals surface area contributed by atoms with Gasteiger partial charge in [0.05, 0.1) is 16.8 Å². The molecule has 5 heteroatoms. The van der Waals surface area contributed by atoms with Crippen molar-refractivity contribution in [2.24, 2.45) is 0 Å². The Kier molecular flexibility index (Phi) is 5.08. The topological polar surface area (TPSA) is 32.3 Å². The van der Waals surface area contributed by atoms with Crippen LogP contribution in [0.15, 0.2) is 18.2 Å². The van der Waals surface area contributed by atoms with Crippen molar-refractivity contribution in [3.05, 3.63) is 28.2 Å². The number of hydrogen-bond donors (Lipinski definition) is 1. The van der Waals surface area contributed by atoms with Crippen LogP contribution in [0.5, 0.6) is 0 Å². The lowest BCUT2D eigenvalue weighted by atomic mass is 10.1. The molecule has 1 saturated heterocycles. The zero-order chi connectivity index (χ0) is 13.8. The fraction of sp³-hybridized carbons (Fsp3) is 0.500. The van der Waals surface area contributed by atoms with E-state index in [1.807, 2.05) is 6.92 Å². The van der Waals surface area contributed by atoms with E-state index in [1.165, 1.54) is 19.3 Å². The number of nitrogens with one attached hydrogen (secondary N) is 1. The van der Waals surface area contributed by atoms with Gasteiger partial charge in [0.15, 0.2) is 0 Å². The molecule has 0 bridgehead atoms. The molecule has 0 spiro atoms. The van der Waals surface area contributed by atoms with Gasteiger partial charge in [-0.15, -0.1) is 0 Å². The van der Waals surface area contributed by atoms with Crippen LogP contribution >= 0.6 is 23.2 Å². The van der Waals surface area contributed by atoms with Crippen LogP contribution in [0.3, 0.4) is 0 Å². The normalized spacial score (nSPS) is 18.1.